The summed E-state index contributed by atoms with van der Waals surface area (Å²) >= 11 is 2.17. The van der Waals surface area contributed by atoms with E-state index in [1.807, 2.05) is 0 Å². The molecule has 5 saturated heterocycles. The number of imide groups is 1. The average Bonchev–Trinajstić information content (AvgIpc) is 3.72. The summed E-state index contributed by atoms with van der Waals surface area (Å²) in [6, 6.07) is 0. The smallest absolute Gasteiger partial charge is 0.334 e. The number of hydrogen-bond acceptors (Lipinski definition) is 17. The number of nitrogens with zero attached hydrogens (tertiary/aromatic N) is 1. The first-order chi connectivity index (χ1) is 36.9. The maximum Gasteiger partial charge on any atom is 0.334 e. The van der Waals surface area contributed by atoms with Crippen LogP contribution in [-0.4, -0.2) is 133 Å². The molecule has 5 heterocycles. The molecular weight excluding hydrogens is 1040 g/mol. The first-order valence-electron chi connectivity index (χ1n) is 29.6. The predicted molar refractivity (Wildman–Crippen MR) is 304 cm³/mol. The Bertz CT molecular complexity index is 1810. The molecule has 0 saturated carbocycles. The second-order valence-corrected chi connectivity index (χ2v) is 25.5. The minimum Gasteiger partial charge on any atom is -0.356 e. The molecule has 0 spiro atoms. The molecule has 5 aliphatic heterocycles. The Labute approximate surface area is 477 Å². The summed E-state index contributed by atoms with van der Waals surface area (Å²) in [7, 11) is 0. The van der Waals surface area contributed by atoms with Crippen LogP contribution < -0.4 is 5.32 Å². The van der Waals surface area contributed by atoms with Crippen LogP contribution >= 0.6 is 23.5 Å². The fourth-order valence-corrected chi connectivity index (χ4v) is 11.8. The number of hydroxylamine groups is 2. The van der Waals surface area contributed by atoms with Gasteiger partial charge >= 0.3 is 5.97 Å². The number of carbonyl (C=O) groups is 6. The van der Waals surface area contributed by atoms with Crippen molar-refractivity contribution in [1.29, 1.82) is 0 Å². The van der Waals surface area contributed by atoms with Crippen LogP contribution in [0.4, 0.5) is 0 Å². The Morgan fingerprint density at radius 2 is 0.859 bits per heavy atom. The number of rotatable bonds is 24. The summed E-state index contributed by atoms with van der Waals surface area (Å²) in [6.45, 7) is 39.6. The van der Waals surface area contributed by atoms with Crippen LogP contribution in [0, 0.1) is 71.0 Å². The number of unbranched alkanes of at least 4 members (excludes halogenated alkanes) is 1. The highest BCUT2D eigenvalue weighted by Crippen LogP contribution is 2.41. The van der Waals surface area contributed by atoms with Crippen molar-refractivity contribution in [2.75, 3.05) is 44.5 Å². The quantitative estimate of drug-likeness (QED) is 0.0706. The average molecular weight is 1150 g/mol. The highest BCUT2D eigenvalue weighted by atomic mass is 32.2. The molecule has 452 valence electrons. The lowest BCUT2D eigenvalue weighted by Gasteiger charge is -2.46. The molecule has 1 N–H and O–H groups in total. The van der Waals surface area contributed by atoms with Crippen LogP contribution in [0.25, 0.3) is 0 Å². The van der Waals surface area contributed by atoms with Gasteiger partial charge in [0.15, 0.2) is 35.4 Å². The Kier molecular flexibility index (Phi) is 32.1. The molecule has 0 radical (unpaired) electrons. The van der Waals surface area contributed by atoms with E-state index in [9.17, 15) is 28.8 Å². The minimum atomic E-state index is -0.683. The lowest BCUT2D eigenvalue weighted by atomic mass is 9.78. The molecule has 78 heavy (non-hydrogen) atoms. The van der Waals surface area contributed by atoms with E-state index >= 15 is 0 Å². The van der Waals surface area contributed by atoms with Crippen molar-refractivity contribution in [3.8, 4) is 0 Å². The summed E-state index contributed by atoms with van der Waals surface area (Å²) in [6.07, 6.45) is 5.27. The lowest BCUT2D eigenvalue weighted by molar-refractivity contribution is -0.289. The Morgan fingerprint density at radius 3 is 1.24 bits per heavy atom. The van der Waals surface area contributed by atoms with Gasteiger partial charge in [0.1, 0.15) is 0 Å². The fraction of sp³-hybridized carbons (Fsp3) is 0.898. The fourth-order valence-electron chi connectivity index (χ4n) is 10.7. The number of thioether (sulfide) groups is 2. The Hall–Kier alpha value is -2.20. The highest BCUT2D eigenvalue weighted by Gasteiger charge is 2.45. The van der Waals surface area contributed by atoms with Crippen LogP contribution in [0.15, 0.2) is 0 Å². The molecule has 0 aromatic carbocycles. The van der Waals surface area contributed by atoms with Crippen molar-refractivity contribution < 1.29 is 71.5 Å². The normalized spacial score (nSPS) is 35.9. The maximum atomic E-state index is 11.8. The minimum absolute atomic E-state index is 0.0126. The van der Waals surface area contributed by atoms with Crippen molar-refractivity contribution in [1.82, 2.24) is 10.4 Å². The van der Waals surface area contributed by atoms with Gasteiger partial charge in [0.25, 0.3) is 11.8 Å². The standard InChI is InChI=1S/C27H49NO6S.C23H44O4.C9H11NO5S/c1-9-23-18(4)16(2)21(7)27(33-23)32-15-24-19(5)17(3)20(6)26(34-24)31-13-10-12-28-25(30)11-14-35-22(8)29;1-9-11-12-24-22-18(7)15(4)17(6)21(27-22)13-25-23-19(8)14(3)16(5)20(10-2)26-23;1-6(11)16-5-4-9(14)15-10-7(12)2-3-8(10)13/h16-21,23-24,26-27H,9-15H2,1-8H3,(H,28,30);14-23H,9-13H2,1-8H3;2-5H2,1H3/t16-,17-,18-,19-,20?,21?,23?,24?,26+,27+;14-,15-,16-,17-,18?,19?,20?,21?,22+,23+;/m00./s1. The zero-order valence-corrected chi connectivity index (χ0v) is 52.4. The summed E-state index contributed by atoms with van der Waals surface area (Å²) < 4.78 is 50.2. The first-order valence-corrected chi connectivity index (χ1v) is 31.5. The van der Waals surface area contributed by atoms with Crippen LogP contribution in [0.1, 0.15) is 175 Å². The molecule has 0 aliphatic carbocycles. The Balaban J connectivity index is 0.000000329. The van der Waals surface area contributed by atoms with E-state index in [-0.39, 0.29) is 96.6 Å². The Morgan fingerprint density at radius 1 is 0.500 bits per heavy atom. The van der Waals surface area contributed by atoms with E-state index in [0.717, 1.165) is 44.1 Å². The SMILES string of the molecule is CC(=O)SCCC(=O)ON1C(=O)CCC1=O.CCC1O[C@@H](OCC2O[C@@H](OCCCNC(=O)CCSC(C)=O)C(C)[C@@H](C)[C@@H]2C)C(C)[C@@H](C)[C@@H]1C.CCCCO[C@@H]1OC(CO[C@@H]2OC(CC)[C@@H](C)[C@H](C)C2C)[C@@H](C)[C@H](C)C1C. The van der Waals surface area contributed by atoms with E-state index in [2.05, 4.69) is 114 Å². The molecule has 3 amide bonds. The van der Waals surface area contributed by atoms with Crippen LogP contribution in [-0.2, 0) is 71.5 Å². The van der Waals surface area contributed by atoms with E-state index < -0.39 is 17.8 Å². The molecule has 5 aliphatic rings. The van der Waals surface area contributed by atoms with Gasteiger partial charge in [-0.05, 0) is 73.0 Å². The molecule has 5 rings (SSSR count). The van der Waals surface area contributed by atoms with Crippen molar-refractivity contribution in [2.45, 2.75) is 225 Å². The van der Waals surface area contributed by atoms with Crippen LogP contribution in [0.2, 0.25) is 0 Å². The zero-order valence-electron chi connectivity index (χ0n) is 50.7. The van der Waals surface area contributed by atoms with Crippen molar-refractivity contribution in [3.63, 3.8) is 0 Å². The second-order valence-electron chi connectivity index (χ2n) is 23.0. The lowest BCUT2D eigenvalue weighted by Crippen LogP contribution is -2.50. The maximum absolute atomic E-state index is 11.8. The molecule has 0 aromatic heterocycles. The van der Waals surface area contributed by atoms with Crippen molar-refractivity contribution in [2.24, 2.45) is 71.0 Å². The number of amides is 3. The molecule has 8 unspecified atom stereocenters. The number of carbonyl (C=O) groups excluding carboxylic acids is 6. The van der Waals surface area contributed by atoms with Crippen LogP contribution in [0.5, 0.6) is 0 Å². The van der Waals surface area contributed by atoms with E-state index in [4.69, 9.17) is 37.9 Å². The van der Waals surface area contributed by atoms with Gasteiger partial charge in [0, 0.05) is 81.4 Å². The van der Waals surface area contributed by atoms with Crippen molar-refractivity contribution in [3.05, 3.63) is 0 Å². The molecule has 19 heteroatoms. The van der Waals surface area contributed by atoms with Gasteiger partial charge in [-0.2, -0.15) is 0 Å². The highest BCUT2D eigenvalue weighted by molar-refractivity contribution is 8.13. The molecule has 5 fully saturated rings. The van der Waals surface area contributed by atoms with E-state index in [0.29, 0.717) is 115 Å². The van der Waals surface area contributed by atoms with Gasteiger partial charge in [0.05, 0.1) is 50.7 Å². The van der Waals surface area contributed by atoms with Gasteiger partial charge in [-0.3, -0.25) is 24.0 Å². The molecule has 0 aromatic rings. The van der Waals surface area contributed by atoms with Gasteiger partial charge in [-0.15, -0.1) is 5.06 Å². The third-order valence-corrected chi connectivity index (χ3v) is 19.4. The van der Waals surface area contributed by atoms with Crippen molar-refractivity contribution >= 4 is 57.4 Å². The van der Waals surface area contributed by atoms with Crippen LogP contribution in [0.3, 0.4) is 0 Å². The largest absolute Gasteiger partial charge is 0.356 e. The van der Waals surface area contributed by atoms with Gasteiger partial charge < -0.3 is 48.0 Å². The number of nitrogens with one attached hydrogen (secondary N) is 1. The van der Waals surface area contributed by atoms with Gasteiger partial charge in [0.2, 0.25) is 5.91 Å². The first kappa shape index (κ1) is 70.1. The molecule has 17 nitrogen and oxygen atoms in total. The van der Waals surface area contributed by atoms with E-state index in [1.54, 1.807) is 0 Å². The topological polar surface area (TPSA) is 201 Å². The molecular formula is C59H104N2O15S2. The third-order valence-electron chi connectivity index (χ3n) is 17.7. The predicted octanol–water partition coefficient (Wildman–Crippen LogP) is 10.6. The second kappa shape index (κ2) is 35.7. The number of ether oxygens (including phenoxy) is 8. The summed E-state index contributed by atoms with van der Waals surface area (Å²) in [4.78, 5) is 71.3. The number of hydrogen-bond donors (Lipinski definition) is 1. The van der Waals surface area contributed by atoms with E-state index in [1.165, 1.54) is 25.6 Å². The van der Waals surface area contributed by atoms with Gasteiger partial charge in [-0.25, -0.2) is 4.79 Å². The summed E-state index contributed by atoms with van der Waals surface area (Å²) in [5, 5.41) is 3.33. The zero-order chi connectivity index (χ0) is 58.4. The summed E-state index contributed by atoms with van der Waals surface area (Å²) in [5.41, 5.74) is 0. The molecule has 0 bridgehead atoms. The summed E-state index contributed by atoms with van der Waals surface area (Å²) in [5.74, 6) is 4.54. The molecule has 20 atom stereocenters. The van der Waals surface area contributed by atoms with Gasteiger partial charge in [-0.1, -0.05) is 134 Å². The monoisotopic (exact) mass is 1140 g/mol. The third kappa shape index (κ3) is 21.8.